The number of sulfonamides is 1. The zero-order chi connectivity index (χ0) is 31.2. The minimum Gasteiger partial charge on any atom is -0.350 e. The monoisotopic (exact) mass is 634 g/mol. The van der Waals surface area contributed by atoms with Crippen molar-refractivity contribution in [3.63, 3.8) is 0 Å². The molecule has 1 unspecified atom stereocenters. The fourth-order valence-electron chi connectivity index (χ4n) is 4.22. The van der Waals surface area contributed by atoms with Gasteiger partial charge in [0.25, 0.3) is 5.69 Å². The molecule has 3 rings (SSSR count). The summed E-state index contributed by atoms with van der Waals surface area (Å²) in [6, 6.07) is 17.8. The third kappa shape index (κ3) is 9.17. The minimum absolute atomic E-state index is 0.0618. The van der Waals surface area contributed by atoms with Gasteiger partial charge in [0.1, 0.15) is 12.6 Å². The van der Waals surface area contributed by atoms with Gasteiger partial charge in [0, 0.05) is 30.6 Å². The van der Waals surface area contributed by atoms with E-state index in [2.05, 4.69) is 5.32 Å². The molecule has 3 aromatic carbocycles. The molecule has 13 heteroatoms. The fourth-order valence-corrected chi connectivity index (χ4v) is 5.38. The first-order valence-electron chi connectivity index (χ1n) is 12.9. The lowest BCUT2D eigenvalue weighted by Gasteiger charge is -2.35. The molecule has 0 saturated carbocycles. The van der Waals surface area contributed by atoms with Crippen molar-refractivity contribution in [3.8, 4) is 0 Å². The molecule has 42 heavy (non-hydrogen) atoms. The van der Waals surface area contributed by atoms with Gasteiger partial charge in [-0.15, -0.1) is 0 Å². The van der Waals surface area contributed by atoms with Gasteiger partial charge in [-0.1, -0.05) is 65.7 Å². The molecule has 224 valence electrons. The second-order valence-corrected chi connectivity index (χ2v) is 13.5. The van der Waals surface area contributed by atoms with Gasteiger partial charge in [0.15, 0.2) is 0 Å². The highest BCUT2D eigenvalue weighted by molar-refractivity contribution is 7.92. The number of nitrogens with one attached hydrogen (secondary N) is 1. The molecule has 10 nitrogen and oxygen atoms in total. The first kappa shape index (κ1) is 32.8. The van der Waals surface area contributed by atoms with Crippen molar-refractivity contribution in [2.75, 3.05) is 17.1 Å². The van der Waals surface area contributed by atoms with Crippen molar-refractivity contribution in [1.29, 1.82) is 0 Å². The Bertz CT molecular complexity index is 1560. The third-order valence-electron chi connectivity index (χ3n) is 6.11. The Morgan fingerprint density at radius 3 is 2.19 bits per heavy atom. The molecule has 0 aromatic heterocycles. The number of nitro benzene ring substituents is 1. The average molecular weight is 636 g/mol. The largest absolute Gasteiger partial charge is 0.350 e. The van der Waals surface area contributed by atoms with Crippen molar-refractivity contribution in [3.05, 3.63) is 104 Å². The van der Waals surface area contributed by atoms with Crippen LogP contribution in [0.1, 0.15) is 31.9 Å². The number of benzene rings is 3. The maximum atomic E-state index is 14.1. The van der Waals surface area contributed by atoms with E-state index >= 15 is 0 Å². The molecule has 0 aliphatic carbocycles. The van der Waals surface area contributed by atoms with Crippen LogP contribution in [-0.2, 0) is 32.6 Å². The van der Waals surface area contributed by atoms with Gasteiger partial charge in [0.2, 0.25) is 21.8 Å². The van der Waals surface area contributed by atoms with Gasteiger partial charge in [-0.3, -0.25) is 24.0 Å². The molecule has 0 heterocycles. The van der Waals surface area contributed by atoms with Gasteiger partial charge in [0.05, 0.1) is 26.9 Å². The predicted molar refractivity (Wildman–Crippen MR) is 164 cm³/mol. The lowest BCUT2D eigenvalue weighted by molar-refractivity contribution is -0.384. The summed E-state index contributed by atoms with van der Waals surface area (Å²) >= 11 is 12.3. The number of carbonyl (C=O) groups is 2. The molecule has 0 spiro atoms. The molecule has 0 aliphatic rings. The van der Waals surface area contributed by atoms with E-state index in [1.54, 1.807) is 18.2 Å². The second-order valence-electron chi connectivity index (χ2n) is 10.8. The SMILES string of the molecule is CC(C)(C)NC(=O)C(Cc1ccccc1)N(Cc1ccc(Cl)c(Cl)c1)C(=O)CN(c1cccc([N+](=O)[O-])c1)S(C)(=O)=O. The number of anilines is 1. The maximum absolute atomic E-state index is 14.1. The van der Waals surface area contributed by atoms with E-state index in [1.165, 1.54) is 23.1 Å². The zero-order valence-corrected chi connectivity index (χ0v) is 25.9. The van der Waals surface area contributed by atoms with Crippen LogP contribution in [0.15, 0.2) is 72.8 Å². The number of hydrogen-bond acceptors (Lipinski definition) is 6. The summed E-state index contributed by atoms with van der Waals surface area (Å²) in [5.74, 6) is -1.15. The Morgan fingerprint density at radius 1 is 0.952 bits per heavy atom. The number of nitro groups is 1. The Balaban J connectivity index is 2.11. The molecule has 0 saturated heterocycles. The summed E-state index contributed by atoms with van der Waals surface area (Å²) in [7, 11) is -4.08. The molecule has 2 amide bonds. The molecule has 0 radical (unpaired) electrons. The van der Waals surface area contributed by atoms with E-state index < -0.39 is 44.9 Å². The van der Waals surface area contributed by atoms with Gasteiger partial charge in [-0.2, -0.15) is 0 Å². The number of hydrogen-bond donors (Lipinski definition) is 1. The van der Waals surface area contributed by atoms with Crippen LogP contribution in [0.3, 0.4) is 0 Å². The highest BCUT2D eigenvalue weighted by atomic mass is 35.5. The van der Waals surface area contributed by atoms with E-state index in [0.29, 0.717) is 10.6 Å². The minimum atomic E-state index is -4.08. The average Bonchev–Trinajstić information content (AvgIpc) is 2.90. The Hall–Kier alpha value is -3.67. The smallest absolute Gasteiger partial charge is 0.271 e. The number of rotatable bonds is 11. The topological polar surface area (TPSA) is 130 Å². The van der Waals surface area contributed by atoms with E-state index in [9.17, 15) is 28.1 Å². The molecule has 3 aromatic rings. The first-order valence-corrected chi connectivity index (χ1v) is 15.5. The molecule has 0 aliphatic heterocycles. The van der Waals surface area contributed by atoms with Crippen LogP contribution >= 0.6 is 23.2 Å². The number of nitrogens with zero attached hydrogens (tertiary/aromatic N) is 3. The fraction of sp³-hybridized carbons (Fsp3) is 0.310. The van der Waals surface area contributed by atoms with E-state index in [-0.39, 0.29) is 29.4 Å². The van der Waals surface area contributed by atoms with Crippen molar-refractivity contribution in [2.45, 2.75) is 45.3 Å². The number of carbonyl (C=O) groups excluding carboxylic acids is 2. The van der Waals surface area contributed by atoms with Gasteiger partial charge in [-0.25, -0.2) is 8.42 Å². The molecule has 1 atom stereocenters. The molecular weight excluding hydrogens is 603 g/mol. The lowest BCUT2D eigenvalue weighted by Crippen LogP contribution is -2.56. The second kappa shape index (κ2) is 13.5. The van der Waals surface area contributed by atoms with Gasteiger partial charge >= 0.3 is 0 Å². The molecule has 0 bridgehead atoms. The number of amides is 2. The van der Waals surface area contributed by atoms with Gasteiger partial charge < -0.3 is 10.2 Å². The third-order valence-corrected chi connectivity index (χ3v) is 7.99. The zero-order valence-electron chi connectivity index (χ0n) is 23.6. The number of halogens is 2. The molecule has 0 fully saturated rings. The van der Waals surface area contributed by atoms with E-state index in [4.69, 9.17) is 23.2 Å². The van der Waals surface area contributed by atoms with Crippen LogP contribution in [0.5, 0.6) is 0 Å². The molecular formula is C29H32Cl2N4O6S. The first-order chi connectivity index (χ1) is 19.5. The van der Waals surface area contributed by atoms with Crippen LogP contribution < -0.4 is 9.62 Å². The predicted octanol–water partition coefficient (Wildman–Crippen LogP) is 5.22. The van der Waals surface area contributed by atoms with E-state index in [0.717, 1.165) is 22.2 Å². The highest BCUT2D eigenvalue weighted by Gasteiger charge is 2.34. The van der Waals surface area contributed by atoms with Crippen molar-refractivity contribution < 1.29 is 22.9 Å². The molecule has 1 N–H and O–H groups in total. The van der Waals surface area contributed by atoms with Crippen LogP contribution in [0.4, 0.5) is 11.4 Å². The van der Waals surface area contributed by atoms with Crippen LogP contribution in [0, 0.1) is 10.1 Å². The Labute approximate surface area is 255 Å². The van der Waals surface area contributed by atoms with Crippen LogP contribution in [0.2, 0.25) is 10.0 Å². The quantitative estimate of drug-likeness (QED) is 0.227. The van der Waals surface area contributed by atoms with Crippen LogP contribution in [-0.4, -0.2) is 54.4 Å². The lowest BCUT2D eigenvalue weighted by atomic mass is 10.0. The van der Waals surface area contributed by atoms with Gasteiger partial charge in [-0.05, 0) is 50.1 Å². The maximum Gasteiger partial charge on any atom is 0.271 e. The summed E-state index contributed by atoms with van der Waals surface area (Å²) in [6.07, 6.45) is 1.03. The normalized spacial score (nSPS) is 12.3. The van der Waals surface area contributed by atoms with Crippen molar-refractivity contribution in [2.24, 2.45) is 0 Å². The standard InChI is InChI=1S/C29H32Cl2N4O6S/c1-29(2,3)32-28(37)26(16-20-9-6-5-7-10-20)33(18-21-13-14-24(30)25(31)15-21)27(36)19-34(42(4,40)41)22-11-8-12-23(17-22)35(38)39/h5-15,17,26H,16,18-19H2,1-4H3,(H,32,37). The Morgan fingerprint density at radius 2 is 1.62 bits per heavy atom. The highest BCUT2D eigenvalue weighted by Crippen LogP contribution is 2.26. The summed E-state index contributed by atoms with van der Waals surface area (Å²) in [4.78, 5) is 39.8. The summed E-state index contributed by atoms with van der Waals surface area (Å²) in [5, 5.41) is 14.8. The van der Waals surface area contributed by atoms with Crippen LogP contribution in [0.25, 0.3) is 0 Å². The van der Waals surface area contributed by atoms with E-state index in [1.807, 2.05) is 51.1 Å². The summed E-state index contributed by atoms with van der Waals surface area (Å²) < 4.78 is 26.5. The summed E-state index contributed by atoms with van der Waals surface area (Å²) in [5.41, 5.74) is 0.297. The Kier molecular flexibility index (Phi) is 10.6. The summed E-state index contributed by atoms with van der Waals surface area (Å²) in [6.45, 7) is 4.61. The number of non-ortho nitro benzene ring substituents is 1. The van der Waals surface area contributed by atoms with Crippen molar-refractivity contribution >= 4 is 56.4 Å². The van der Waals surface area contributed by atoms with Crippen molar-refractivity contribution in [1.82, 2.24) is 10.2 Å².